The molecular weight excluding hydrogens is 224 g/mol. The zero-order chi connectivity index (χ0) is 12.5. The van der Waals surface area contributed by atoms with Crippen molar-refractivity contribution in [1.82, 2.24) is 0 Å². The minimum atomic E-state index is -2.83. The average Bonchev–Trinajstić information content (AvgIpc) is 2.26. The van der Waals surface area contributed by atoms with Crippen LogP contribution in [0.2, 0.25) is 0 Å². The van der Waals surface area contributed by atoms with Gasteiger partial charge in [-0.15, -0.1) is 0 Å². The minimum absolute atomic E-state index is 0.142. The monoisotopic (exact) mass is 241 g/mol. The lowest BCUT2D eigenvalue weighted by Gasteiger charge is -2.35. The molecule has 1 aromatic rings. The summed E-state index contributed by atoms with van der Waals surface area (Å²) in [5.74, 6) is -2.37. The van der Waals surface area contributed by atoms with E-state index < -0.39 is 18.1 Å². The number of alkyl halides is 2. The average molecular weight is 241 g/mol. The fraction of sp³-hybridized carbons (Fsp3) is 0.538. The highest BCUT2D eigenvalue weighted by molar-refractivity contribution is 5.27. The molecule has 0 bridgehead atoms. The summed E-state index contributed by atoms with van der Waals surface area (Å²) in [6.07, 6.45) is -0.301. The second kappa shape index (κ2) is 4.61. The lowest BCUT2D eigenvalue weighted by molar-refractivity contribution is -0.126. The fourth-order valence-electron chi connectivity index (χ4n) is 2.12. The van der Waals surface area contributed by atoms with E-state index in [-0.39, 0.29) is 6.42 Å². The maximum atomic E-state index is 13.7. The molecule has 1 saturated carbocycles. The van der Waals surface area contributed by atoms with Crippen molar-refractivity contribution in [2.45, 2.75) is 44.3 Å². The van der Waals surface area contributed by atoms with Gasteiger partial charge in [0.1, 0.15) is 5.75 Å². The van der Waals surface area contributed by atoms with Crippen LogP contribution in [0, 0.1) is 6.92 Å². The molecule has 2 atom stereocenters. The summed E-state index contributed by atoms with van der Waals surface area (Å²) >= 11 is 0. The van der Waals surface area contributed by atoms with Crippen LogP contribution in [0.1, 0.15) is 24.8 Å². The molecule has 2 rings (SSSR count). The van der Waals surface area contributed by atoms with Crippen LogP contribution in [0.5, 0.6) is 5.75 Å². The molecule has 0 aromatic heterocycles. The van der Waals surface area contributed by atoms with E-state index in [1.807, 2.05) is 19.1 Å². The number of hydrogen-bond donors (Lipinski definition) is 1. The number of halogens is 2. The first kappa shape index (κ1) is 12.3. The van der Waals surface area contributed by atoms with Gasteiger partial charge in [0.05, 0.1) is 0 Å². The Morgan fingerprint density at radius 3 is 2.53 bits per heavy atom. The SMILES string of the molecule is Cc1ccc(O[C@H]2[C@@H](N)CCCC2(F)F)cc1. The molecule has 0 spiro atoms. The first-order valence-electron chi connectivity index (χ1n) is 5.86. The van der Waals surface area contributed by atoms with E-state index in [0.717, 1.165) is 5.56 Å². The topological polar surface area (TPSA) is 35.2 Å². The van der Waals surface area contributed by atoms with Gasteiger partial charge in [-0.3, -0.25) is 0 Å². The van der Waals surface area contributed by atoms with Gasteiger partial charge in [-0.2, -0.15) is 0 Å². The van der Waals surface area contributed by atoms with Crippen molar-refractivity contribution in [3.05, 3.63) is 29.8 Å². The zero-order valence-corrected chi connectivity index (χ0v) is 9.83. The van der Waals surface area contributed by atoms with E-state index in [1.54, 1.807) is 12.1 Å². The smallest absolute Gasteiger partial charge is 0.285 e. The van der Waals surface area contributed by atoms with Crippen molar-refractivity contribution >= 4 is 0 Å². The van der Waals surface area contributed by atoms with Crippen LogP contribution >= 0.6 is 0 Å². The molecule has 0 amide bonds. The summed E-state index contributed by atoms with van der Waals surface area (Å²) in [6, 6.07) is 6.48. The molecule has 17 heavy (non-hydrogen) atoms. The van der Waals surface area contributed by atoms with Crippen molar-refractivity contribution < 1.29 is 13.5 Å². The third-order valence-electron chi connectivity index (χ3n) is 3.14. The third-order valence-corrected chi connectivity index (χ3v) is 3.14. The first-order valence-corrected chi connectivity index (χ1v) is 5.86. The van der Waals surface area contributed by atoms with Gasteiger partial charge in [0, 0.05) is 12.5 Å². The Kier molecular flexibility index (Phi) is 3.33. The molecule has 2 N–H and O–H groups in total. The first-order chi connectivity index (χ1) is 7.99. The molecule has 2 nitrogen and oxygen atoms in total. The van der Waals surface area contributed by atoms with Gasteiger partial charge in [0.15, 0.2) is 6.10 Å². The Hall–Kier alpha value is -1.16. The van der Waals surface area contributed by atoms with Crippen LogP contribution in [0.3, 0.4) is 0 Å². The quantitative estimate of drug-likeness (QED) is 0.864. The second-order valence-corrected chi connectivity index (χ2v) is 4.67. The number of hydrogen-bond acceptors (Lipinski definition) is 2. The van der Waals surface area contributed by atoms with Gasteiger partial charge in [-0.05, 0) is 31.9 Å². The normalized spacial score (nSPS) is 27.8. The Morgan fingerprint density at radius 1 is 1.29 bits per heavy atom. The van der Waals surface area contributed by atoms with E-state index in [9.17, 15) is 8.78 Å². The summed E-state index contributed by atoms with van der Waals surface area (Å²) in [6.45, 7) is 1.94. The van der Waals surface area contributed by atoms with E-state index in [2.05, 4.69) is 0 Å². The van der Waals surface area contributed by atoms with Crippen LogP contribution in [0.15, 0.2) is 24.3 Å². The maximum Gasteiger partial charge on any atom is 0.285 e. The maximum absolute atomic E-state index is 13.7. The molecule has 0 heterocycles. The van der Waals surface area contributed by atoms with Crippen LogP contribution < -0.4 is 10.5 Å². The number of rotatable bonds is 2. The van der Waals surface area contributed by atoms with Crippen LogP contribution in [-0.4, -0.2) is 18.1 Å². The highest BCUT2D eigenvalue weighted by atomic mass is 19.3. The summed E-state index contributed by atoms with van der Waals surface area (Å²) < 4.78 is 32.7. The lowest BCUT2D eigenvalue weighted by Crippen LogP contribution is -2.53. The fourth-order valence-corrected chi connectivity index (χ4v) is 2.12. The summed E-state index contributed by atoms with van der Waals surface area (Å²) in [5.41, 5.74) is 6.79. The predicted octanol–water partition coefficient (Wildman–Crippen LogP) is 2.89. The summed E-state index contributed by atoms with van der Waals surface area (Å²) in [7, 11) is 0. The van der Waals surface area contributed by atoms with Crippen LogP contribution in [0.4, 0.5) is 8.78 Å². The number of benzene rings is 1. The molecular formula is C13H17F2NO. The van der Waals surface area contributed by atoms with Gasteiger partial charge in [0.2, 0.25) is 0 Å². The number of nitrogens with two attached hydrogens (primary N) is 1. The Morgan fingerprint density at radius 2 is 1.94 bits per heavy atom. The van der Waals surface area contributed by atoms with Gasteiger partial charge < -0.3 is 10.5 Å². The molecule has 4 heteroatoms. The van der Waals surface area contributed by atoms with Crippen molar-refractivity contribution in [3.8, 4) is 5.75 Å². The molecule has 0 aliphatic heterocycles. The second-order valence-electron chi connectivity index (χ2n) is 4.67. The standard InChI is InChI=1S/C13H17F2NO/c1-9-4-6-10(7-5-9)17-12-11(16)3-2-8-13(12,14)15/h4-7,11-12H,2-3,8,16H2,1H3/t11-,12-/m0/s1. The molecule has 1 fully saturated rings. The number of aryl methyl sites for hydroxylation is 1. The van der Waals surface area contributed by atoms with Crippen molar-refractivity contribution in [3.63, 3.8) is 0 Å². The van der Waals surface area contributed by atoms with E-state index >= 15 is 0 Å². The Bertz CT molecular complexity index is 378. The van der Waals surface area contributed by atoms with Gasteiger partial charge in [-0.1, -0.05) is 17.7 Å². The van der Waals surface area contributed by atoms with E-state index in [0.29, 0.717) is 18.6 Å². The van der Waals surface area contributed by atoms with Crippen molar-refractivity contribution in [2.75, 3.05) is 0 Å². The van der Waals surface area contributed by atoms with Crippen LogP contribution in [-0.2, 0) is 0 Å². The molecule has 0 unspecified atom stereocenters. The zero-order valence-electron chi connectivity index (χ0n) is 9.83. The highest BCUT2D eigenvalue weighted by Crippen LogP contribution is 2.35. The predicted molar refractivity (Wildman–Crippen MR) is 62.4 cm³/mol. The molecule has 1 aromatic carbocycles. The van der Waals surface area contributed by atoms with E-state index in [1.165, 1.54) is 0 Å². The van der Waals surface area contributed by atoms with Gasteiger partial charge >= 0.3 is 0 Å². The molecule has 0 radical (unpaired) electrons. The Labute approximate surface area is 99.8 Å². The summed E-state index contributed by atoms with van der Waals surface area (Å²) in [5, 5.41) is 0. The molecule has 1 aliphatic carbocycles. The number of ether oxygens (including phenoxy) is 1. The minimum Gasteiger partial charge on any atom is -0.483 e. The van der Waals surface area contributed by atoms with Gasteiger partial charge in [0.25, 0.3) is 5.92 Å². The van der Waals surface area contributed by atoms with Crippen molar-refractivity contribution in [1.29, 1.82) is 0 Å². The molecule has 94 valence electrons. The van der Waals surface area contributed by atoms with Crippen molar-refractivity contribution in [2.24, 2.45) is 5.73 Å². The molecule has 0 saturated heterocycles. The molecule has 1 aliphatic rings. The largest absolute Gasteiger partial charge is 0.483 e. The van der Waals surface area contributed by atoms with Crippen LogP contribution in [0.25, 0.3) is 0 Å². The Balaban J connectivity index is 2.12. The van der Waals surface area contributed by atoms with E-state index in [4.69, 9.17) is 10.5 Å². The van der Waals surface area contributed by atoms with Gasteiger partial charge in [-0.25, -0.2) is 8.78 Å². The lowest BCUT2D eigenvalue weighted by atomic mass is 9.89. The summed E-state index contributed by atoms with van der Waals surface area (Å²) in [4.78, 5) is 0. The third kappa shape index (κ3) is 2.75. The highest BCUT2D eigenvalue weighted by Gasteiger charge is 2.47.